The van der Waals surface area contributed by atoms with Gasteiger partial charge in [0, 0.05) is 59.2 Å². The summed E-state index contributed by atoms with van der Waals surface area (Å²) in [5, 5.41) is 5.02. The molecule has 0 N–H and O–H groups in total. The van der Waals surface area contributed by atoms with E-state index < -0.39 is 0 Å². The molecule has 0 bridgehead atoms. The van der Waals surface area contributed by atoms with Gasteiger partial charge in [-0.1, -0.05) is 0 Å². The summed E-state index contributed by atoms with van der Waals surface area (Å²) in [7, 11) is 3.45. The van der Waals surface area contributed by atoms with Crippen LogP contribution in [0.5, 0.6) is 11.5 Å². The van der Waals surface area contributed by atoms with Gasteiger partial charge in [-0.25, -0.2) is 0 Å². The van der Waals surface area contributed by atoms with E-state index in [9.17, 15) is 0 Å². The SMILES string of the molecule is COc1ccc2c3ccnc(C)c3n(CCCCCn3c4cc(OC)ccc4c4ccnc(C)c43)c2c1. The van der Waals surface area contributed by atoms with Gasteiger partial charge in [-0.2, -0.15) is 0 Å². The van der Waals surface area contributed by atoms with Crippen molar-refractivity contribution in [3.8, 4) is 11.5 Å². The van der Waals surface area contributed by atoms with Crippen molar-refractivity contribution in [2.45, 2.75) is 46.2 Å². The number of unbranched alkanes of at least 4 members (excludes halogenated alkanes) is 2. The number of hydrogen-bond donors (Lipinski definition) is 0. The highest BCUT2D eigenvalue weighted by Crippen LogP contribution is 2.34. The monoisotopic (exact) mass is 492 g/mol. The quantitative estimate of drug-likeness (QED) is 0.211. The van der Waals surface area contributed by atoms with E-state index in [1.54, 1.807) is 14.2 Å². The number of methoxy groups -OCH3 is 2. The van der Waals surface area contributed by atoms with E-state index in [0.717, 1.165) is 55.2 Å². The Morgan fingerprint density at radius 3 is 1.49 bits per heavy atom. The van der Waals surface area contributed by atoms with E-state index in [0.29, 0.717) is 0 Å². The fraction of sp³-hybridized carbons (Fsp3) is 0.290. The molecule has 4 aromatic heterocycles. The first kappa shape index (κ1) is 23.3. The second-order valence-electron chi connectivity index (χ2n) is 9.72. The molecule has 0 saturated heterocycles. The molecule has 37 heavy (non-hydrogen) atoms. The highest BCUT2D eigenvalue weighted by Gasteiger charge is 2.15. The predicted octanol–water partition coefficient (Wildman–Crippen LogP) is 7.20. The fourth-order valence-corrected chi connectivity index (χ4v) is 5.83. The van der Waals surface area contributed by atoms with Crippen LogP contribution in [0.3, 0.4) is 0 Å². The Hall–Kier alpha value is -4.06. The minimum Gasteiger partial charge on any atom is -0.497 e. The summed E-state index contributed by atoms with van der Waals surface area (Å²) in [6.07, 6.45) is 7.10. The Bertz CT molecular complexity index is 1630. The minimum atomic E-state index is 0.882. The van der Waals surface area contributed by atoms with Crippen molar-refractivity contribution in [1.29, 1.82) is 0 Å². The molecule has 4 heterocycles. The smallest absolute Gasteiger partial charge is 0.120 e. The maximum Gasteiger partial charge on any atom is 0.120 e. The zero-order chi connectivity index (χ0) is 25.5. The van der Waals surface area contributed by atoms with Gasteiger partial charge in [0.25, 0.3) is 0 Å². The maximum atomic E-state index is 5.54. The summed E-state index contributed by atoms with van der Waals surface area (Å²) >= 11 is 0. The Balaban J connectivity index is 1.26. The average molecular weight is 493 g/mol. The number of ether oxygens (including phenoxy) is 2. The predicted molar refractivity (Wildman–Crippen MR) is 151 cm³/mol. The molecule has 6 aromatic rings. The Kier molecular flexibility index (Phi) is 5.95. The van der Waals surface area contributed by atoms with Crippen LogP contribution in [0.15, 0.2) is 60.9 Å². The summed E-state index contributed by atoms with van der Waals surface area (Å²) in [5.41, 5.74) is 7.00. The second kappa shape index (κ2) is 9.43. The number of rotatable bonds is 8. The lowest BCUT2D eigenvalue weighted by Gasteiger charge is -2.11. The average Bonchev–Trinajstić information content (AvgIpc) is 3.41. The molecule has 6 nitrogen and oxygen atoms in total. The van der Waals surface area contributed by atoms with Gasteiger partial charge in [-0.05, 0) is 69.5 Å². The van der Waals surface area contributed by atoms with Gasteiger partial charge in [0.15, 0.2) is 0 Å². The maximum absolute atomic E-state index is 5.54. The van der Waals surface area contributed by atoms with Crippen LogP contribution in [0.2, 0.25) is 0 Å². The molecule has 0 amide bonds. The number of benzene rings is 2. The first-order chi connectivity index (χ1) is 18.1. The third-order valence-corrected chi connectivity index (χ3v) is 7.59. The molecule has 0 radical (unpaired) electrons. The van der Waals surface area contributed by atoms with Crippen molar-refractivity contribution >= 4 is 43.6 Å². The number of pyridine rings is 2. The van der Waals surface area contributed by atoms with Crippen LogP contribution in [-0.4, -0.2) is 33.3 Å². The highest BCUT2D eigenvalue weighted by atomic mass is 16.5. The van der Waals surface area contributed by atoms with Crippen molar-refractivity contribution in [1.82, 2.24) is 19.1 Å². The Morgan fingerprint density at radius 1 is 0.595 bits per heavy atom. The Labute approximate surface area is 216 Å². The van der Waals surface area contributed by atoms with Crippen LogP contribution < -0.4 is 9.47 Å². The van der Waals surface area contributed by atoms with Gasteiger partial charge >= 0.3 is 0 Å². The van der Waals surface area contributed by atoms with E-state index in [-0.39, 0.29) is 0 Å². The number of nitrogens with zero attached hydrogens (tertiary/aromatic N) is 4. The largest absolute Gasteiger partial charge is 0.497 e. The molecular formula is C31H32N4O2. The minimum absolute atomic E-state index is 0.882. The molecule has 2 aromatic carbocycles. The lowest BCUT2D eigenvalue weighted by atomic mass is 10.1. The van der Waals surface area contributed by atoms with E-state index in [2.05, 4.69) is 69.3 Å². The van der Waals surface area contributed by atoms with Crippen LogP contribution >= 0.6 is 0 Å². The molecule has 0 saturated carbocycles. The number of aromatic nitrogens is 4. The summed E-state index contributed by atoms with van der Waals surface area (Å²) < 4.78 is 15.9. The van der Waals surface area contributed by atoms with Crippen LogP contribution in [-0.2, 0) is 13.1 Å². The van der Waals surface area contributed by atoms with Crippen LogP contribution in [0.4, 0.5) is 0 Å². The normalized spacial score (nSPS) is 11.8. The van der Waals surface area contributed by atoms with Crippen LogP contribution in [0.25, 0.3) is 43.6 Å². The van der Waals surface area contributed by atoms with Crippen molar-refractivity contribution in [3.63, 3.8) is 0 Å². The first-order valence-corrected chi connectivity index (χ1v) is 12.9. The molecule has 0 fully saturated rings. The van der Waals surface area contributed by atoms with Gasteiger partial charge in [-0.3, -0.25) is 9.97 Å². The molecule has 0 spiro atoms. The lowest BCUT2D eigenvalue weighted by molar-refractivity contribution is 0.415. The number of fused-ring (bicyclic) bond motifs is 6. The van der Waals surface area contributed by atoms with Crippen molar-refractivity contribution < 1.29 is 9.47 Å². The molecule has 0 aliphatic carbocycles. The van der Waals surface area contributed by atoms with Gasteiger partial charge in [-0.15, -0.1) is 0 Å². The topological polar surface area (TPSA) is 54.1 Å². The standard InChI is InChI=1S/C31H32N4O2/c1-20-30-26(12-14-32-20)24-10-8-22(36-3)18-28(24)34(30)16-6-5-7-17-35-29-19-23(37-4)9-11-25(29)27-13-15-33-21(2)31(27)35/h8-15,18-19H,5-7,16-17H2,1-4H3. The molecule has 0 aliphatic rings. The summed E-state index contributed by atoms with van der Waals surface area (Å²) in [4.78, 5) is 9.19. The van der Waals surface area contributed by atoms with Crippen molar-refractivity contribution in [3.05, 3.63) is 72.3 Å². The van der Waals surface area contributed by atoms with E-state index in [1.165, 1.54) is 43.6 Å². The lowest BCUT2D eigenvalue weighted by Crippen LogP contribution is -2.03. The van der Waals surface area contributed by atoms with Gasteiger partial charge in [0.2, 0.25) is 0 Å². The van der Waals surface area contributed by atoms with Crippen LogP contribution in [0, 0.1) is 13.8 Å². The van der Waals surface area contributed by atoms with E-state index in [1.807, 2.05) is 24.5 Å². The zero-order valence-corrected chi connectivity index (χ0v) is 21.9. The summed E-state index contributed by atoms with van der Waals surface area (Å²) in [6.45, 7) is 6.09. The van der Waals surface area contributed by atoms with Crippen molar-refractivity contribution in [2.75, 3.05) is 14.2 Å². The summed E-state index contributed by atoms with van der Waals surface area (Å²) in [6, 6.07) is 17.0. The molecular weight excluding hydrogens is 460 g/mol. The highest BCUT2D eigenvalue weighted by molar-refractivity contribution is 6.09. The third-order valence-electron chi connectivity index (χ3n) is 7.59. The first-order valence-electron chi connectivity index (χ1n) is 12.9. The van der Waals surface area contributed by atoms with E-state index in [4.69, 9.17) is 9.47 Å². The number of aryl methyl sites for hydroxylation is 4. The second-order valence-corrected chi connectivity index (χ2v) is 9.72. The van der Waals surface area contributed by atoms with Gasteiger partial charge in [0.1, 0.15) is 11.5 Å². The van der Waals surface area contributed by atoms with Crippen LogP contribution in [0.1, 0.15) is 30.7 Å². The Morgan fingerprint density at radius 2 is 1.05 bits per heavy atom. The van der Waals surface area contributed by atoms with Gasteiger partial charge in [0.05, 0.1) is 47.7 Å². The molecule has 6 heteroatoms. The third kappa shape index (κ3) is 3.88. The van der Waals surface area contributed by atoms with E-state index >= 15 is 0 Å². The molecule has 0 atom stereocenters. The van der Waals surface area contributed by atoms with Gasteiger partial charge < -0.3 is 18.6 Å². The van der Waals surface area contributed by atoms with Crippen molar-refractivity contribution in [2.24, 2.45) is 0 Å². The number of hydrogen-bond acceptors (Lipinski definition) is 4. The molecule has 6 rings (SSSR count). The molecule has 0 unspecified atom stereocenters. The molecule has 188 valence electrons. The summed E-state index contributed by atoms with van der Waals surface area (Å²) in [5.74, 6) is 1.76. The fourth-order valence-electron chi connectivity index (χ4n) is 5.83. The molecule has 0 aliphatic heterocycles. The zero-order valence-electron chi connectivity index (χ0n) is 21.9.